The monoisotopic (exact) mass is 619 g/mol. The lowest BCUT2D eigenvalue weighted by atomic mass is 9.87. The molecule has 4 aromatic rings. The first-order chi connectivity index (χ1) is 20.8. The minimum atomic E-state index is -3.63. The topological polar surface area (TPSA) is 159 Å². The Morgan fingerprint density at radius 3 is 2.27 bits per heavy atom. The Hall–Kier alpha value is -4.78. The lowest BCUT2D eigenvalue weighted by Gasteiger charge is -2.25. The smallest absolute Gasteiger partial charge is 0.326 e. The van der Waals surface area contributed by atoms with Gasteiger partial charge in [-0.1, -0.05) is 63.5 Å². The van der Waals surface area contributed by atoms with E-state index in [9.17, 15) is 18.0 Å². The summed E-state index contributed by atoms with van der Waals surface area (Å²) in [4.78, 5) is 27.8. The van der Waals surface area contributed by atoms with Gasteiger partial charge in [0.2, 0.25) is 0 Å². The number of nitrogens with zero attached hydrogens (tertiary/aromatic N) is 4. The number of H-pyrrole nitrogens is 1. The van der Waals surface area contributed by atoms with Crippen molar-refractivity contribution in [2.24, 2.45) is 0 Å². The molecular formula is C31H37N7O5S. The van der Waals surface area contributed by atoms with Gasteiger partial charge in [-0.25, -0.2) is 13.2 Å². The molecule has 0 saturated heterocycles. The minimum Gasteiger partial charge on any atom is -0.492 e. The van der Waals surface area contributed by atoms with E-state index >= 15 is 0 Å². The Labute approximate surface area is 257 Å². The van der Waals surface area contributed by atoms with Gasteiger partial charge in [0, 0.05) is 23.2 Å². The second-order valence-corrected chi connectivity index (χ2v) is 13.3. The Morgan fingerprint density at radius 2 is 1.68 bits per heavy atom. The third-order valence-corrected chi connectivity index (χ3v) is 7.89. The number of urea groups is 1. The molecule has 12 nitrogen and oxygen atoms in total. The quantitative estimate of drug-likeness (QED) is 0.184. The van der Waals surface area contributed by atoms with Crippen LogP contribution in [0.2, 0.25) is 0 Å². The molecule has 1 aromatic heterocycles. The number of carbonyl (C=O) groups excluding carboxylic acids is 2. The molecule has 0 unspecified atom stereocenters. The van der Waals surface area contributed by atoms with Crippen LogP contribution in [0.1, 0.15) is 62.0 Å². The predicted octanol–water partition coefficient (Wildman–Crippen LogP) is 5.57. The van der Waals surface area contributed by atoms with Gasteiger partial charge in [-0.2, -0.15) is 5.21 Å². The van der Waals surface area contributed by atoms with Crippen LogP contribution in [0.5, 0.6) is 5.75 Å². The molecule has 0 aliphatic carbocycles. The van der Waals surface area contributed by atoms with Crippen LogP contribution in [0.4, 0.5) is 22.1 Å². The summed E-state index contributed by atoms with van der Waals surface area (Å²) >= 11 is 0. The summed E-state index contributed by atoms with van der Waals surface area (Å²) in [5, 5.41) is 18.5. The van der Waals surface area contributed by atoms with Crippen molar-refractivity contribution in [2.45, 2.75) is 57.4 Å². The second-order valence-electron chi connectivity index (χ2n) is 11.3. The molecular weight excluding hydrogens is 582 g/mol. The highest BCUT2D eigenvalue weighted by atomic mass is 32.2. The van der Waals surface area contributed by atoms with Crippen molar-refractivity contribution < 1.29 is 22.7 Å². The Balaban J connectivity index is 1.60. The van der Waals surface area contributed by atoms with Crippen LogP contribution in [0.3, 0.4) is 0 Å². The third-order valence-electron chi connectivity index (χ3n) is 6.77. The molecule has 3 N–H and O–H groups in total. The molecule has 0 spiro atoms. The molecule has 3 amide bonds. The Bertz CT molecular complexity index is 1680. The van der Waals surface area contributed by atoms with Crippen LogP contribution < -0.4 is 20.3 Å². The summed E-state index contributed by atoms with van der Waals surface area (Å²) in [6, 6.07) is 18.6. The first-order valence-electron chi connectivity index (χ1n) is 14.1. The largest absolute Gasteiger partial charge is 0.492 e. The van der Waals surface area contributed by atoms with Crippen molar-refractivity contribution >= 4 is 39.1 Å². The van der Waals surface area contributed by atoms with E-state index in [1.54, 1.807) is 41.3 Å². The van der Waals surface area contributed by atoms with Gasteiger partial charge < -0.3 is 10.1 Å². The molecule has 232 valence electrons. The van der Waals surface area contributed by atoms with Gasteiger partial charge in [0.1, 0.15) is 10.6 Å². The maximum atomic E-state index is 13.8. The number of tetrazole rings is 1. The van der Waals surface area contributed by atoms with Gasteiger partial charge in [0.05, 0.1) is 13.2 Å². The van der Waals surface area contributed by atoms with Crippen LogP contribution in [-0.2, 0) is 21.8 Å². The van der Waals surface area contributed by atoms with Gasteiger partial charge in [0.15, 0.2) is 9.84 Å². The van der Waals surface area contributed by atoms with Crippen molar-refractivity contribution in [2.75, 3.05) is 28.4 Å². The number of unbranched alkanes of at least 4 members (excludes halogenated alkanes) is 1. The number of hydrogen-bond acceptors (Lipinski definition) is 8. The zero-order valence-electron chi connectivity index (χ0n) is 25.4. The van der Waals surface area contributed by atoms with Gasteiger partial charge in [-0.3, -0.25) is 15.0 Å². The van der Waals surface area contributed by atoms with Crippen LogP contribution >= 0.6 is 0 Å². The lowest BCUT2D eigenvalue weighted by Crippen LogP contribution is -2.34. The molecule has 3 aromatic carbocycles. The number of benzene rings is 3. The summed E-state index contributed by atoms with van der Waals surface area (Å²) in [5.74, 6) is -0.105. The molecule has 44 heavy (non-hydrogen) atoms. The average Bonchev–Trinajstić information content (AvgIpc) is 3.49. The van der Waals surface area contributed by atoms with Gasteiger partial charge >= 0.3 is 6.03 Å². The van der Waals surface area contributed by atoms with Crippen LogP contribution in [0.25, 0.3) is 0 Å². The molecule has 13 heteroatoms. The van der Waals surface area contributed by atoms with E-state index in [0.717, 1.165) is 30.2 Å². The number of rotatable bonds is 11. The van der Waals surface area contributed by atoms with Gasteiger partial charge in [-0.15, -0.1) is 5.10 Å². The summed E-state index contributed by atoms with van der Waals surface area (Å²) in [6.45, 7) is 8.91. The fourth-order valence-electron chi connectivity index (χ4n) is 4.27. The second kappa shape index (κ2) is 13.7. The van der Waals surface area contributed by atoms with Gasteiger partial charge in [-0.05, 0) is 70.6 Å². The van der Waals surface area contributed by atoms with E-state index in [1.807, 2.05) is 31.2 Å². The standard InChI is InChI=1S/C31H37N7O5S/c1-6-7-18-43-26-17-14-24(19-27(26)44(5,41)42)32-30(40)38(25-15-12-23(13-16-25)31(2,3)4)20-21-8-10-22(11-9-21)28(39)33-29-34-36-37-35-29/h8-17,19H,6-7,18,20H2,1-5H3,(H,32,40)(H2,33,34,35,36,37,39). The number of hydrogen-bond donors (Lipinski definition) is 3. The maximum absolute atomic E-state index is 13.8. The van der Waals surface area contributed by atoms with Crippen molar-refractivity contribution in [3.8, 4) is 5.75 Å². The van der Waals surface area contributed by atoms with Crippen LogP contribution in [0, 0.1) is 0 Å². The van der Waals surface area contributed by atoms with E-state index in [0.29, 0.717) is 23.5 Å². The lowest BCUT2D eigenvalue weighted by molar-refractivity contribution is 0.102. The summed E-state index contributed by atoms with van der Waals surface area (Å²) in [7, 11) is -3.63. The van der Waals surface area contributed by atoms with Crippen molar-refractivity contribution in [3.63, 3.8) is 0 Å². The van der Waals surface area contributed by atoms with Crippen LogP contribution in [-0.4, -0.2) is 53.8 Å². The van der Waals surface area contributed by atoms with Crippen molar-refractivity contribution in [1.29, 1.82) is 0 Å². The molecule has 0 saturated carbocycles. The molecule has 0 atom stereocenters. The summed E-state index contributed by atoms with van der Waals surface area (Å²) in [5.41, 5.74) is 3.11. The third kappa shape index (κ3) is 8.40. The number of nitrogens with one attached hydrogen (secondary N) is 3. The average molecular weight is 620 g/mol. The number of sulfone groups is 1. The van der Waals surface area contributed by atoms with Crippen LogP contribution in [0.15, 0.2) is 71.6 Å². The zero-order chi connectivity index (χ0) is 31.9. The number of carbonyl (C=O) groups is 2. The van der Waals surface area contributed by atoms with E-state index in [-0.39, 0.29) is 28.6 Å². The first kappa shape index (κ1) is 32.1. The zero-order valence-corrected chi connectivity index (χ0v) is 26.2. The van der Waals surface area contributed by atoms with Crippen molar-refractivity contribution in [3.05, 3.63) is 83.4 Å². The highest BCUT2D eigenvalue weighted by Gasteiger charge is 2.21. The minimum absolute atomic E-state index is 0.00201. The van der Waals surface area contributed by atoms with Gasteiger partial charge in [0.25, 0.3) is 11.9 Å². The SMILES string of the molecule is CCCCOc1ccc(NC(=O)N(Cc2ccc(C(=O)Nc3nn[nH]n3)cc2)c2ccc(C(C)(C)C)cc2)cc1S(C)(=O)=O. The van der Waals surface area contributed by atoms with E-state index < -0.39 is 21.8 Å². The maximum Gasteiger partial charge on any atom is 0.326 e. The number of aromatic amines is 1. The molecule has 0 bridgehead atoms. The number of ether oxygens (including phenoxy) is 1. The molecule has 1 heterocycles. The normalized spacial score (nSPS) is 11.6. The highest BCUT2D eigenvalue weighted by Crippen LogP contribution is 2.29. The van der Waals surface area contributed by atoms with E-state index in [1.165, 1.54) is 6.07 Å². The summed E-state index contributed by atoms with van der Waals surface area (Å²) in [6.07, 6.45) is 2.80. The highest BCUT2D eigenvalue weighted by molar-refractivity contribution is 7.90. The molecule has 0 aliphatic heterocycles. The fraction of sp³-hybridized carbons (Fsp3) is 0.323. The molecule has 0 aliphatic rings. The number of aromatic nitrogens is 4. The predicted molar refractivity (Wildman–Crippen MR) is 169 cm³/mol. The first-order valence-corrected chi connectivity index (χ1v) is 16.0. The molecule has 0 radical (unpaired) electrons. The fourth-order valence-corrected chi connectivity index (χ4v) is 5.10. The molecule has 4 rings (SSSR count). The van der Waals surface area contributed by atoms with E-state index in [2.05, 4.69) is 52.0 Å². The number of amides is 3. The Kier molecular flexibility index (Phi) is 9.99. The van der Waals surface area contributed by atoms with Crippen molar-refractivity contribution in [1.82, 2.24) is 20.6 Å². The number of anilines is 3. The Morgan fingerprint density at radius 1 is 0.977 bits per heavy atom. The van der Waals surface area contributed by atoms with E-state index in [4.69, 9.17) is 4.74 Å². The molecule has 0 fully saturated rings. The summed E-state index contributed by atoms with van der Waals surface area (Å²) < 4.78 is 30.8.